The minimum atomic E-state index is -0.685. The van der Waals surface area contributed by atoms with Crippen molar-refractivity contribution in [3.63, 3.8) is 0 Å². The van der Waals surface area contributed by atoms with Gasteiger partial charge in [-0.2, -0.15) is 5.26 Å². The van der Waals surface area contributed by atoms with Crippen molar-refractivity contribution in [2.24, 2.45) is 0 Å². The Labute approximate surface area is 203 Å². The molecule has 0 saturated heterocycles. The van der Waals surface area contributed by atoms with Crippen LogP contribution in [0.25, 0.3) is 0 Å². The molecule has 174 valence electrons. The number of hydrogen-bond acceptors (Lipinski definition) is 5. The molecule has 1 unspecified atom stereocenters. The molecule has 0 aliphatic rings. The second-order valence-electron chi connectivity index (χ2n) is 7.45. The molecule has 3 rings (SSSR count). The largest absolute Gasteiger partial charge is 0.491 e. The Hall–Kier alpha value is -4.02. The number of carbonyl (C=O) groups excluding carboxylic acids is 2. The summed E-state index contributed by atoms with van der Waals surface area (Å²) in [6, 6.07) is 24.5. The molecule has 0 heterocycles. The molecule has 0 radical (unpaired) electrons. The molecule has 2 amide bonds. The first kappa shape index (κ1) is 24.6. The van der Waals surface area contributed by atoms with Crippen molar-refractivity contribution in [3.8, 4) is 11.8 Å². The normalized spacial score (nSPS) is 11.1. The molecule has 3 aromatic rings. The second-order valence-corrected chi connectivity index (χ2v) is 7.89. The minimum absolute atomic E-state index is 0.108. The van der Waals surface area contributed by atoms with E-state index in [4.69, 9.17) is 26.3 Å². The average Bonchev–Trinajstić information content (AvgIpc) is 2.87. The highest BCUT2D eigenvalue weighted by molar-refractivity contribution is 6.30. The van der Waals surface area contributed by atoms with Crippen LogP contribution in [-0.2, 0) is 16.1 Å². The molecular formula is C26H24ClN3O4. The smallest absolute Gasteiger partial charge is 0.407 e. The zero-order valence-corrected chi connectivity index (χ0v) is 19.4. The molecular weight excluding hydrogens is 454 g/mol. The van der Waals surface area contributed by atoms with Crippen LogP contribution in [0.15, 0.2) is 78.9 Å². The topological polar surface area (TPSA) is 91.7 Å². The van der Waals surface area contributed by atoms with Crippen LogP contribution in [0.1, 0.15) is 18.1 Å². The number of alkyl carbamates (subject to hydrolysis) is 1. The third-order valence-electron chi connectivity index (χ3n) is 4.89. The van der Waals surface area contributed by atoms with Crippen molar-refractivity contribution in [1.82, 2.24) is 5.32 Å². The fraction of sp³-hybridized carbons (Fsp3) is 0.192. The lowest BCUT2D eigenvalue weighted by Crippen LogP contribution is -2.47. The Morgan fingerprint density at radius 3 is 2.35 bits per heavy atom. The standard InChI is InChI=1S/C26H24ClN3O4/c1-19(17-33-24-13-7-20(15-28)8-14-24)30(23-11-9-22(27)10-12-23)25(31)16-29-26(32)34-18-21-5-3-2-4-6-21/h2-14,19H,16-18H2,1H3,(H,29,32). The van der Waals surface area contributed by atoms with Crippen molar-refractivity contribution in [3.05, 3.63) is 95.0 Å². The van der Waals surface area contributed by atoms with E-state index in [1.807, 2.05) is 37.3 Å². The molecule has 0 aromatic heterocycles. The highest BCUT2D eigenvalue weighted by Gasteiger charge is 2.23. The monoisotopic (exact) mass is 477 g/mol. The Morgan fingerprint density at radius 2 is 1.71 bits per heavy atom. The third kappa shape index (κ3) is 7.26. The average molecular weight is 478 g/mol. The molecule has 0 aliphatic carbocycles. The highest BCUT2D eigenvalue weighted by Crippen LogP contribution is 2.21. The van der Waals surface area contributed by atoms with Crippen LogP contribution in [0.3, 0.4) is 0 Å². The fourth-order valence-electron chi connectivity index (χ4n) is 3.17. The molecule has 0 aliphatic heterocycles. The van der Waals surface area contributed by atoms with Crippen LogP contribution < -0.4 is 15.0 Å². The van der Waals surface area contributed by atoms with Crippen LogP contribution in [0.2, 0.25) is 5.02 Å². The van der Waals surface area contributed by atoms with Gasteiger partial charge in [-0.3, -0.25) is 4.79 Å². The lowest BCUT2D eigenvalue weighted by atomic mass is 10.2. The van der Waals surface area contributed by atoms with E-state index in [1.165, 1.54) is 4.90 Å². The number of rotatable bonds is 9. The summed E-state index contributed by atoms with van der Waals surface area (Å²) in [6.45, 7) is 1.89. The number of ether oxygens (including phenoxy) is 2. The quantitative estimate of drug-likeness (QED) is 0.471. The molecule has 0 bridgehead atoms. The van der Waals surface area contributed by atoms with Crippen LogP contribution >= 0.6 is 11.6 Å². The van der Waals surface area contributed by atoms with Gasteiger partial charge in [0.25, 0.3) is 0 Å². The van der Waals surface area contributed by atoms with Crippen LogP contribution in [0, 0.1) is 11.3 Å². The molecule has 1 N–H and O–H groups in total. The van der Waals surface area contributed by atoms with E-state index in [9.17, 15) is 9.59 Å². The molecule has 8 heteroatoms. The van der Waals surface area contributed by atoms with Crippen LogP contribution in [0.5, 0.6) is 5.75 Å². The summed E-state index contributed by atoms with van der Waals surface area (Å²) in [4.78, 5) is 26.7. The lowest BCUT2D eigenvalue weighted by Gasteiger charge is -2.29. The first-order chi connectivity index (χ1) is 16.5. The third-order valence-corrected chi connectivity index (χ3v) is 5.14. The van der Waals surface area contributed by atoms with Gasteiger partial charge in [0.1, 0.15) is 25.5 Å². The van der Waals surface area contributed by atoms with Gasteiger partial charge in [0.05, 0.1) is 17.7 Å². The first-order valence-electron chi connectivity index (χ1n) is 10.6. The maximum atomic E-state index is 13.1. The fourth-order valence-corrected chi connectivity index (χ4v) is 3.30. The van der Waals surface area contributed by atoms with Crippen LogP contribution in [-0.4, -0.2) is 31.2 Å². The molecule has 1 atom stereocenters. The van der Waals surface area contributed by atoms with E-state index < -0.39 is 6.09 Å². The number of nitriles is 1. The maximum Gasteiger partial charge on any atom is 0.407 e. The Morgan fingerprint density at radius 1 is 1.03 bits per heavy atom. The number of halogens is 1. The number of anilines is 1. The summed E-state index contributed by atoms with van der Waals surface area (Å²) >= 11 is 6.00. The molecule has 7 nitrogen and oxygen atoms in total. The molecule has 34 heavy (non-hydrogen) atoms. The van der Waals surface area contributed by atoms with Gasteiger partial charge in [0.15, 0.2) is 0 Å². The number of nitrogens with one attached hydrogen (secondary N) is 1. The second kappa shape index (κ2) is 12.3. The Kier molecular flexibility index (Phi) is 8.89. The van der Waals surface area contributed by atoms with Gasteiger partial charge < -0.3 is 19.7 Å². The Bertz CT molecular complexity index is 1130. The summed E-state index contributed by atoms with van der Waals surface area (Å²) in [5.74, 6) is 0.242. The van der Waals surface area contributed by atoms with Crippen molar-refractivity contribution in [2.45, 2.75) is 19.6 Å². The summed E-state index contributed by atoms with van der Waals surface area (Å²) in [7, 11) is 0. The van der Waals surface area contributed by atoms with Crippen molar-refractivity contribution >= 4 is 29.3 Å². The van der Waals surface area contributed by atoms with Gasteiger partial charge >= 0.3 is 6.09 Å². The zero-order chi connectivity index (χ0) is 24.3. The van der Waals surface area contributed by atoms with Gasteiger partial charge in [0, 0.05) is 10.7 Å². The van der Waals surface area contributed by atoms with E-state index in [0.29, 0.717) is 22.0 Å². The van der Waals surface area contributed by atoms with E-state index in [1.54, 1.807) is 48.5 Å². The summed E-state index contributed by atoms with van der Waals surface area (Å²) in [5.41, 5.74) is 1.99. The van der Waals surface area contributed by atoms with Crippen molar-refractivity contribution in [1.29, 1.82) is 5.26 Å². The van der Waals surface area contributed by atoms with Gasteiger partial charge in [-0.15, -0.1) is 0 Å². The zero-order valence-electron chi connectivity index (χ0n) is 18.6. The van der Waals surface area contributed by atoms with E-state index in [0.717, 1.165) is 5.56 Å². The predicted octanol–water partition coefficient (Wildman–Crippen LogP) is 4.94. The summed E-state index contributed by atoms with van der Waals surface area (Å²) < 4.78 is 11.0. The summed E-state index contributed by atoms with van der Waals surface area (Å²) in [5, 5.41) is 12.0. The number of carbonyl (C=O) groups is 2. The van der Waals surface area contributed by atoms with Gasteiger partial charge in [-0.1, -0.05) is 41.9 Å². The number of hydrogen-bond donors (Lipinski definition) is 1. The summed E-state index contributed by atoms with van der Waals surface area (Å²) in [6.07, 6.45) is -0.685. The van der Waals surface area contributed by atoms with E-state index in [-0.39, 0.29) is 31.7 Å². The number of amides is 2. The number of benzene rings is 3. The maximum absolute atomic E-state index is 13.1. The predicted molar refractivity (Wildman–Crippen MR) is 130 cm³/mol. The van der Waals surface area contributed by atoms with Gasteiger partial charge in [-0.05, 0) is 61.0 Å². The lowest BCUT2D eigenvalue weighted by molar-refractivity contribution is -0.118. The Balaban J connectivity index is 1.61. The van der Waals surface area contributed by atoms with E-state index in [2.05, 4.69) is 11.4 Å². The molecule has 0 fully saturated rings. The SMILES string of the molecule is CC(COc1ccc(C#N)cc1)N(C(=O)CNC(=O)OCc1ccccc1)c1ccc(Cl)cc1. The van der Waals surface area contributed by atoms with E-state index >= 15 is 0 Å². The van der Waals surface area contributed by atoms with Crippen molar-refractivity contribution in [2.75, 3.05) is 18.1 Å². The van der Waals surface area contributed by atoms with Gasteiger partial charge in [-0.25, -0.2) is 4.79 Å². The van der Waals surface area contributed by atoms with Crippen molar-refractivity contribution < 1.29 is 19.1 Å². The highest BCUT2D eigenvalue weighted by atomic mass is 35.5. The number of nitrogens with zero attached hydrogens (tertiary/aromatic N) is 2. The molecule has 3 aromatic carbocycles. The first-order valence-corrected chi connectivity index (χ1v) is 11.0. The molecule has 0 spiro atoms. The van der Waals surface area contributed by atoms with Gasteiger partial charge in [0.2, 0.25) is 5.91 Å². The molecule has 0 saturated carbocycles. The minimum Gasteiger partial charge on any atom is -0.491 e. The van der Waals surface area contributed by atoms with Crippen LogP contribution in [0.4, 0.5) is 10.5 Å².